The van der Waals surface area contributed by atoms with Crippen molar-refractivity contribution in [3.05, 3.63) is 11.2 Å². The number of thiazole rings is 1. The number of hydrogen-bond donors (Lipinski definition) is 2. The van der Waals surface area contributed by atoms with E-state index < -0.39 is 11.8 Å². The zero-order valence-electron chi connectivity index (χ0n) is 11.6. The standard InChI is InChI=1S/C13H19N3O3S/c1-3-9-13(20-7-14-9)16-12(18)11(17)15-8(2)10-5-4-6-19-10/h7-8,10H,3-6H2,1-2H3,(H,15,17)(H,16,18). The van der Waals surface area contributed by atoms with Gasteiger partial charge in [0.25, 0.3) is 0 Å². The molecule has 1 fully saturated rings. The van der Waals surface area contributed by atoms with Gasteiger partial charge in [0, 0.05) is 6.61 Å². The number of carbonyl (C=O) groups is 2. The molecular formula is C13H19N3O3S. The van der Waals surface area contributed by atoms with E-state index in [1.54, 1.807) is 5.51 Å². The smallest absolute Gasteiger partial charge is 0.314 e. The van der Waals surface area contributed by atoms with Crippen molar-refractivity contribution in [2.24, 2.45) is 0 Å². The molecule has 7 heteroatoms. The predicted molar refractivity (Wildman–Crippen MR) is 76.7 cm³/mol. The number of anilines is 1. The minimum atomic E-state index is -0.659. The molecule has 2 N–H and O–H groups in total. The predicted octanol–water partition coefficient (Wildman–Crippen LogP) is 1.33. The van der Waals surface area contributed by atoms with Crippen LogP contribution in [0.25, 0.3) is 0 Å². The summed E-state index contributed by atoms with van der Waals surface area (Å²) in [4.78, 5) is 27.8. The van der Waals surface area contributed by atoms with Gasteiger partial charge in [-0.15, -0.1) is 11.3 Å². The third kappa shape index (κ3) is 3.55. The molecule has 1 aliphatic rings. The molecule has 0 saturated carbocycles. The highest BCUT2D eigenvalue weighted by Gasteiger charge is 2.26. The zero-order chi connectivity index (χ0) is 14.5. The summed E-state index contributed by atoms with van der Waals surface area (Å²) >= 11 is 1.32. The molecule has 20 heavy (non-hydrogen) atoms. The number of ether oxygens (including phenoxy) is 1. The van der Waals surface area contributed by atoms with Crippen LogP contribution in [0.1, 0.15) is 32.4 Å². The van der Waals surface area contributed by atoms with Crippen LogP contribution >= 0.6 is 11.3 Å². The Morgan fingerprint density at radius 1 is 1.55 bits per heavy atom. The lowest BCUT2D eigenvalue weighted by Crippen LogP contribution is -2.45. The lowest BCUT2D eigenvalue weighted by atomic mass is 10.1. The Labute approximate surface area is 121 Å². The van der Waals surface area contributed by atoms with E-state index >= 15 is 0 Å². The van der Waals surface area contributed by atoms with Gasteiger partial charge in [0.05, 0.1) is 23.4 Å². The first-order valence-corrected chi connectivity index (χ1v) is 7.65. The van der Waals surface area contributed by atoms with Crippen LogP contribution in [-0.4, -0.2) is 35.6 Å². The zero-order valence-corrected chi connectivity index (χ0v) is 12.5. The van der Waals surface area contributed by atoms with Crippen LogP contribution in [0, 0.1) is 0 Å². The van der Waals surface area contributed by atoms with Gasteiger partial charge in [-0.1, -0.05) is 6.92 Å². The Morgan fingerprint density at radius 2 is 2.35 bits per heavy atom. The van der Waals surface area contributed by atoms with Crippen molar-refractivity contribution in [3.63, 3.8) is 0 Å². The Bertz CT molecular complexity index is 483. The fourth-order valence-electron chi connectivity index (χ4n) is 2.14. The molecule has 110 valence electrons. The number of amides is 2. The van der Waals surface area contributed by atoms with Gasteiger partial charge in [-0.2, -0.15) is 0 Å². The van der Waals surface area contributed by atoms with Gasteiger partial charge >= 0.3 is 11.8 Å². The SMILES string of the molecule is CCc1ncsc1NC(=O)C(=O)NC(C)C1CCCO1. The fourth-order valence-corrected chi connectivity index (χ4v) is 2.91. The van der Waals surface area contributed by atoms with Crippen molar-refractivity contribution < 1.29 is 14.3 Å². The maximum absolute atomic E-state index is 11.8. The van der Waals surface area contributed by atoms with E-state index in [4.69, 9.17) is 4.74 Å². The monoisotopic (exact) mass is 297 g/mol. The normalized spacial score (nSPS) is 19.6. The molecule has 0 aromatic carbocycles. The molecule has 0 bridgehead atoms. The van der Waals surface area contributed by atoms with Crippen LogP contribution < -0.4 is 10.6 Å². The van der Waals surface area contributed by atoms with Gasteiger partial charge < -0.3 is 15.4 Å². The topological polar surface area (TPSA) is 80.3 Å². The number of aromatic nitrogens is 1. The number of nitrogens with zero attached hydrogens (tertiary/aromatic N) is 1. The second-order valence-corrected chi connectivity index (χ2v) is 5.60. The summed E-state index contributed by atoms with van der Waals surface area (Å²) in [5, 5.41) is 5.92. The van der Waals surface area contributed by atoms with E-state index in [2.05, 4.69) is 15.6 Å². The molecule has 1 aromatic rings. The van der Waals surface area contributed by atoms with Crippen LogP contribution in [-0.2, 0) is 20.7 Å². The van der Waals surface area contributed by atoms with E-state index in [1.807, 2.05) is 13.8 Å². The number of nitrogens with one attached hydrogen (secondary N) is 2. The quantitative estimate of drug-likeness (QED) is 0.822. The fraction of sp³-hybridized carbons (Fsp3) is 0.615. The Morgan fingerprint density at radius 3 is 3.00 bits per heavy atom. The van der Waals surface area contributed by atoms with Crippen LogP contribution in [0.15, 0.2) is 5.51 Å². The molecule has 2 atom stereocenters. The highest BCUT2D eigenvalue weighted by atomic mass is 32.1. The van der Waals surface area contributed by atoms with E-state index in [0.29, 0.717) is 11.4 Å². The average molecular weight is 297 g/mol. The van der Waals surface area contributed by atoms with Gasteiger partial charge in [0.1, 0.15) is 5.00 Å². The summed E-state index contributed by atoms with van der Waals surface area (Å²) in [5.41, 5.74) is 2.45. The molecule has 0 spiro atoms. The highest BCUT2D eigenvalue weighted by Crippen LogP contribution is 2.20. The molecule has 0 radical (unpaired) electrons. The minimum Gasteiger partial charge on any atom is -0.376 e. The summed E-state index contributed by atoms with van der Waals surface area (Å²) in [6.45, 7) is 4.52. The first kappa shape index (κ1) is 14.9. The lowest BCUT2D eigenvalue weighted by molar-refractivity contribution is -0.137. The maximum Gasteiger partial charge on any atom is 0.314 e. The molecular weight excluding hydrogens is 278 g/mol. The summed E-state index contributed by atoms with van der Waals surface area (Å²) in [6.07, 6.45) is 2.63. The van der Waals surface area contributed by atoms with Crippen LogP contribution in [0.3, 0.4) is 0 Å². The van der Waals surface area contributed by atoms with E-state index in [1.165, 1.54) is 11.3 Å². The van der Waals surface area contributed by atoms with Crippen molar-refractivity contribution in [1.82, 2.24) is 10.3 Å². The molecule has 1 aliphatic heterocycles. The summed E-state index contributed by atoms with van der Waals surface area (Å²) in [5.74, 6) is -1.29. The van der Waals surface area contributed by atoms with E-state index in [-0.39, 0.29) is 12.1 Å². The van der Waals surface area contributed by atoms with Crippen molar-refractivity contribution in [2.45, 2.75) is 45.3 Å². The lowest BCUT2D eigenvalue weighted by Gasteiger charge is -2.19. The van der Waals surface area contributed by atoms with Crippen molar-refractivity contribution in [1.29, 1.82) is 0 Å². The summed E-state index contributed by atoms with van der Waals surface area (Å²) in [7, 11) is 0. The van der Waals surface area contributed by atoms with E-state index in [9.17, 15) is 9.59 Å². The molecule has 2 rings (SSSR count). The van der Waals surface area contributed by atoms with Gasteiger partial charge in [0.15, 0.2) is 0 Å². The molecule has 2 heterocycles. The van der Waals surface area contributed by atoms with Gasteiger partial charge in [-0.3, -0.25) is 9.59 Å². The number of hydrogen-bond acceptors (Lipinski definition) is 5. The van der Waals surface area contributed by atoms with Crippen LogP contribution in [0.4, 0.5) is 5.00 Å². The molecule has 1 aromatic heterocycles. The first-order chi connectivity index (χ1) is 9.61. The van der Waals surface area contributed by atoms with Crippen molar-refractivity contribution in [2.75, 3.05) is 11.9 Å². The van der Waals surface area contributed by atoms with Crippen molar-refractivity contribution in [3.8, 4) is 0 Å². The highest BCUT2D eigenvalue weighted by molar-refractivity contribution is 7.14. The third-order valence-electron chi connectivity index (χ3n) is 3.29. The van der Waals surface area contributed by atoms with Crippen LogP contribution in [0.5, 0.6) is 0 Å². The van der Waals surface area contributed by atoms with Gasteiger partial charge in [-0.25, -0.2) is 4.98 Å². The number of carbonyl (C=O) groups excluding carboxylic acids is 2. The number of aryl methyl sites for hydroxylation is 1. The summed E-state index contributed by atoms with van der Waals surface area (Å²) < 4.78 is 5.48. The summed E-state index contributed by atoms with van der Waals surface area (Å²) in [6, 6.07) is -0.164. The average Bonchev–Trinajstić information content (AvgIpc) is 3.09. The molecule has 1 saturated heterocycles. The second-order valence-electron chi connectivity index (χ2n) is 4.75. The maximum atomic E-state index is 11.8. The third-order valence-corrected chi connectivity index (χ3v) is 4.07. The van der Waals surface area contributed by atoms with Gasteiger partial charge in [-0.05, 0) is 26.2 Å². The molecule has 2 amide bonds. The van der Waals surface area contributed by atoms with E-state index in [0.717, 1.165) is 25.1 Å². The van der Waals surface area contributed by atoms with Gasteiger partial charge in [0.2, 0.25) is 0 Å². The Hall–Kier alpha value is -1.47. The Kier molecular flexibility index (Phi) is 5.08. The first-order valence-electron chi connectivity index (χ1n) is 6.77. The van der Waals surface area contributed by atoms with Crippen LogP contribution in [0.2, 0.25) is 0 Å². The second kappa shape index (κ2) is 6.81. The molecule has 0 aliphatic carbocycles. The molecule has 2 unspecified atom stereocenters. The minimum absolute atomic E-state index is 0.00126. The van der Waals surface area contributed by atoms with Crippen molar-refractivity contribution >= 4 is 28.2 Å². The largest absolute Gasteiger partial charge is 0.376 e. The molecule has 6 nitrogen and oxygen atoms in total. The number of rotatable bonds is 4. The Balaban J connectivity index is 1.87.